The molecule has 0 radical (unpaired) electrons. The number of aliphatic carboxylic acids is 1. The number of nitrogens with one attached hydrogen (secondary N) is 4. The van der Waals surface area contributed by atoms with Gasteiger partial charge >= 0.3 is 11.7 Å². The molecular weight excluding hydrogens is 328 g/mol. The molecule has 1 aromatic heterocycles. The first-order valence-electron chi connectivity index (χ1n) is 6.92. The zero-order valence-corrected chi connectivity index (χ0v) is 12.7. The minimum atomic E-state index is -1.68. The highest BCUT2D eigenvalue weighted by Crippen LogP contribution is 2.13. The van der Waals surface area contributed by atoms with Crippen LogP contribution in [0.15, 0.2) is 9.59 Å². The molecule has 12 heteroatoms. The van der Waals surface area contributed by atoms with Crippen molar-refractivity contribution in [2.75, 3.05) is 23.8 Å². The summed E-state index contributed by atoms with van der Waals surface area (Å²) in [7, 11) is 0. The van der Waals surface area contributed by atoms with Gasteiger partial charge in [0.1, 0.15) is 29.8 Å². The molecule has 0 spiro atoms. The summed E-state index contributed by atoms with van der Waals surface area (Å²) in [5.41, 5.74) is -2.05. The Bertz CT molecular complexity index is 672. The van der Waals surface area contributed by atoms with Crippen molar-refractivity contribution < 1.29 is 30.3 Å². The van der Waals surface area contributed by atoms with E-state index in [0.717, 1.165) is 0 Å². The van der Waals surface area contributed by atoms with Gasteiger partial charge in [-0.3, -0.25) is 19.6 Å². The van der Waals surface area contributed by atoms with Gasteiger partial charge in [-0.15, -0.1) is 0 Å². The predicted molar refractivity (Wildman–Crippen MR) is 82.0 cm³/mol. The van der Waals surface area contributed by atoms with Crippen molar-refractivity contribution in [3.63, 3.8) is 0 Å². The zero-order valence-electron chi connectivity index (χ0n) is 12.7. The normalized spacial score (nSPS) is 16.0. The Balaban J connectivity index is 2.96. The molecule has 0 aliphatic carbocycles. The van der Waals surface area contributed by atoms with Gasteiger partial charge in [-0.1, -0.05) is 0 Å². The fourth-order valence-corrected chi connectivity index (χ4v) is 1.73. The number of carbonyl (C=O) groups is 1. The van der Waals surface area contributed by atoms with Gasteiger partial charge in [0.2, 0.25) is 0 Å². The van der Waals surface area contributed by atoms with Crippen LogP contribution in [0.25, 0.3) is 0 Å². The second kappa shape index (κ2) is 8.44. The first-order chi connectivity index (χ1) is 11.2. The lowest BCUT2D eigenvalue weighted by Gasteiger charge is -2.22. The summed E-state index contributed by atoms with van der Waals surface area (Å²) in [6.07, 6.45) is -4.80. The summed E-state index contributed by atoms with van der Waals surface area (Å²) in [6, 6.07) is -1.15. The van der Waals surface area contributed by atoms with Crippen LogP contribution in [0.5, 0.6) is 0 Å². The molecule has 1 rings (SSSR count). The molecule has 1 heterocycles. The van der Waals surface area contributed by atoms with Gasteiger partial charge in [0, 0.05) is 6.54 Å². The molecule has 0 aromatic carbocycles. The van der Waals surface area contributed by atoms with Gasteiger partial charge in [0.15, 0.2) is 0 Å². The molecule has 136 valence electrons. The van der Waals surface area contributed by atoms with E-state index in [2.05, 4.69) is 15.6 Å². The maximum Gasteiger partial charge on any atom is 0.327 e. The number of hydrogen-bond acceptors (Lipinski definition) is 9. The average molecular weight is 348 g/mol. The Labute approximate surface area is 134 Å². The number of rotatable bonds is 9. The Morgan fingerprint density at radius 2 is 1.79 bits per heavy atom. The molecule has 0 saturated carbocycles. The van der Waals surface area contributed by atoms with Crippen LogP contribution < -0.4 is 21.9 Å². The molecule has 1 unspecified atom stereocenters. The monoisotopic (exact) mass is 348 g/mol. The highest BCUT2D eigenvalue weighted by molar-refractivity contribution is 5.78. The third-order valence-corrected chi connectivity index (χ3v) is 3.14. The van der Waals surface area contributed by atoms with Crippen LogP contribution in [0.1, 0.15) is 6.92 Å². The van der Waals surface area contributed by atoms with Crippen LogP contribution in [0.3, 0.4) is 0 Å². The van der Waals surface area contributed by atoms with Crippen molar-refractivity contribution in [1.82, 2.24) is 9.97 Å². The van der Waals surface area contributed by atoms with Crippen molar-refractivity contribution in [1.29, 1.82) is 0 Å². The Morgan fingerprint density at radius 3 is 2.33 bits per heavy atom. The summed E-state index contributed by atoms with van der Waals surface area (Å²) in [4.78, 5) is 38.1. The number of anilines is 2. The van der Waals surface area contributed by atoms with Crippen molar-refractivity contribution in [2.24, 2.45) is 0 Å². The zero-order chi connectivity index (χ0) is 18.4. The molecule has 12 nitrogen and oxygen atoms in total. The van der Waals surface area contributed by atoms with Crippen LogP contribution >= 0.6 is 0 Å². The average Bonchev–Trinajstić information content (AvgIpc) is 2.53. The van der Waals surface area contributed by atoms with E-state index < -0.39 is 54.7 Å². The Kier molecular flexibility index (Phi) is 6.91. The minimum absolute atomic E-state index is 0.207. The van der Waals surface area contributed by atoms with E-state index in [-0.39, 0.29) is 11.5 Å². The molecule has 0 saturated heterocycles. The van der Waals surface area contributed by atoms with Gasteiger partial charge in [-0.05, 0) is 6.92 Å². The molecule has 0 aliphatic rings. The van der Waals surface area contributed by atoms with E-state index in [0.29, 0.717) is 0 Å². The molecule has 0 bridgehead atoms. The van der Waals surface area contributed by atoms with E-state index in [1.54, 1.807) is 0 Å². The van der Waals surface area contributed by atoms with Gasteiger partial charge in [-0.2, -0.15) is 0 Å². The number of aromatic amines is 2. The fourth-order valence-electron chi connectivity index (χ4n) is 1.73. The molecule has 24 heavy (non-hydrogen) atoms. The van der Waals surface area contributed by atoms with E-state index >= 15 is 0 Å². The predicted octanol–water partition coefficient (Wildman–Crippen LogP) is -3.56. The molecule has 0 aliphatic heterocycles. The van der Waals surface area contributed by atoms with Crippen LogP contribution in [0, 0.1) is 0 Å². The summed E-state index contributed by atoms with van der Waals surface area (Å²) >= 11 is 0. The lowest BCUT2D eigenvalue weighted by Crippen LogP contribution is -2.43. The lowest BCUT2D eigenvalue weighted by molar-refractivity contribution is -0.137. The standard InChI is InChI=1S/C12H20N4O8/c1-4(11(22)23)14-7-9(15-12(24)16-10(7)21)13-2-5(18)8(20)6(19)3-17/h4-6,8,14,17-20H,2-3H2,1H3,(H,22,23)(H3,13,15,16,21,24)/t4?,5-,6+,8-/m0/s1. The van der Waals surface area contributed by atoms with Crippen LogP contribution in [-0.2, 0) is 4.79 Å². The molecule has 4 atom stereocenters. The quantitative estimate of drug-likeness (QED) is 0.214. The smallest absolute Gasteiger partial charge is 0.327 e. The third kappa shape index (κ3) is 5.06. The maximum atomic E-state index is 11.8. The van der Waals surface area contributed by atoms with Gasteiger partial charge in [-0.25, -0.2) is 4.79 Å². The van der Waals surface area contributed by atoms with Gasteiger partial charge in [0.25, 0.3) is 5.56 Å². The molecule has 0 fully saturated rings. The maximum absolute atomic E-state index is 11.8. The van der Waals surface area contributed by atoms with Crippen LogP contribution in [0.2, 0.25) is 0 Å². The van der Waals surface area contributed by atoms with E-state index in [1.807, 2.05) is 4.98 Å². The number of hydrogen-bond donors (Lipinski definition) is 9. The minimum Gasteiger partial charge on any atom is -0.480 e. The van der Waals surface area contributed by atoms with Crippen molar-refractivity contribution >= 4 is 17.5 Å². The van der Waals surface area contributed by atoms with Crippen LogP contribution in [0.4, 0.5) is 11.5 Å². The highest BCUT2D eigenvalue weighted by Gasteiger charge is 2.24. The van der Waals surface area contributed by atoms with E-state index in [1.165, 1.54) is 6.92 Å². The molecule has 0 amide bonds. The third-order valence-electron chi connectivity index (χ3n) is 3.14. The van der Waals surface area contributed by atoms with Gasteiger partial charge < -0.3 is 36.2 Å². The van der Waals surface area contributed by atoms with Crippen molar-refractivity contribution in [3.05, 3.63) is 20.8 Å². The number of aliphatic hydroxyl groups excluding tert-OH is 4. The summed E-state index contributed by atoms with van der Waals surface area (Å²) in [5, 5.41) is 50.9. The van der Waals surface area contributed by atoms with E-state index in [4.69, 9.17) is 10.2 Å². The second-order valence-corrected chi connectivity index (χ2v) is 5.05. The second-order valence-electron chi connectivity index (χ2n) is 5.05. The topological polar surface area (TPSA) is 208 Å². The number of aliphatic hydroxyl groups is 4. The fraction of sp³-hybridized carbons (Fsp3) is 0.583. The number of H-pyrrole nitrogens is 2. The molecule has 1 aromatic rings. The van der Waals surface area contributed by atoms with Crippen molar-refractivity contribution in [2.45, 2.75) is 31.3 Å². The number of carboxylic acid groups (broad SMARTS) is 1. The summed E-state index contributed by atoms with van der Waals surface area (Å²) in [6.45, 7) is 0.0869. The number of carboxylic acids is 1. The SMILES string of the molecule is CC(Nc1c(NC[C@H](O)[C@H](O)[C@H](O)CO)[nH]c(=O)[nH]c1=O)C(=O)O. The molecular formula is C12H20N4O8. The molecule has 9 N–H and O–H groups in total. The summed E-state index contributed by atoms with van der Waals surface area (Å²) < 4.78 is 0. The van der Waals surface area contributed by atoms with E-state index in [9.17, 15) is 29.7 Å². The van der Waals surface area contributed by atoms with Gasteiger partial charge in [0.05, 0.1) is 12.7 Å². The Morgan fingerprint density at radius 1 is 1.17 bits per heavy atom. The first-order valence-corrected chi connectivity index (χ1v) is 6.92. The first kappa shape index (κ1) is 19.6. The van der Waals surface area contributed by atoms with Crippen LogP contribution in [-0.4, -0.2) is 79.0 Å². The number of aromatic nitrogens is 2. The largest absolute Gasteiger partial charge is 0.480 e. The Hall–Kier alpha value is -2.41. The van der Waals surface area contributed by atoms with Crippen molar-refractivity contribution in [3.8, 4) is 0 Å². The summed E-state index contributed by atoms with van der Waals surface area (Å²) in [5.74, 6) is -1.45. The highest BCUT2D eigenvalue weighted by atomic mass is 16.4. The lowest BCUT2D eigenvalue weighted by atomic mass is 10.1.